The highest BCUT2D eigenvalue weighted by Crippen LogP contribution is 2.24. The number of hydrogen-bond donors (Lipinski definition) is 1. The van der Waals surface area contributed by atoms with E-state index in [2.05, 4.69) is 34.3 Å². The van der Waals surface area contributed by atoms with Crippen LogP contribution < -0.4 is 0 Å². The summed E-state index contributed by atoms with van der Waals surface area (Å²) in [5.74, 6) is 0.947. The summed E-state index contributed by atoms with van der Waals surface area (Å²) in [6, 6.07) is 14.2. The molecule has 5 nitrogen and oxygen atoms in total. The van der Waals surface area contributed by atoms with Crippen LogP contribution in [0.15, 0.2) is 53.1 Å². The van der Waals surface area contributed by atoms with Crippen molar-refractivity contribution in [1.82, 2.24) is 20.3 Å². The van der Waals surface area contributed by atoms with E-state index in [4.69, 9.17) is 4.42 Å². The molecule has 3 rings (SSSR count). The van der Waals surface area contributed by atoms with Crippen LogP contribution in [0.1, 0.15) is 24.4 Å². The van der Waals surface area contributed by atoms with Crippen molar-refractivity contribution in [3.63, 3.8) is 0 Å². The lowest BCUT2D eigenvalue weighted by molar-refractivity contribution is 0.221. The molecule has 0 bridgehead atoms. The minimum atomic E-state index is 0.181. The van der Waals surface area contributed by atoms with E-state index in [1.165, 1.54) is 0 Å². The third kappa shape index (κ3) is 2.87. The average Bonchev–Trinajstić information content (AvgIpc) is 3.19. The van der Waals surface area contributed by atoms with Gasteiger partial charge in [-0.1, -0.05) is 30.3 Å². The summed E-state index contributed by atoms with van der Waals surface area (Å²) >= 11 is 0. The van der Waals surface area contributed by atoms with Crippen LogP contribution in [-0.4, -0.2) is 27.4 Å². The Hall–Kier alpha value is -2.40. The Morgan fingerprint density at radius 2 is 1.95 bits per heavy atom. The first-order chi connectivity index (χ1) is 10.3. The van der Waals surface area contributed by atoms with Crippen molar-refractivity contribution in [2.24, 2.45) is 0 Å². The van der Waals surface area contributed by atoms with Crippen LogP contribution in [-0.2, 0) is 6.54 Å². The first kappa shape index (κ1) is 13.6. The van der Waals surface area contributed by atoms with Gasteiger partial charge in [0, 0.05) is 12.1 Å². The second-order valence-corrected chi connectivity index (χ2v) is 5.09. The fourth-order valence-electron chi connectivity index (χ4n) is 2.31. The highest BCUT2D eigenvalue weighted by Gasteiger charge is 2.18. The lowest BCUT2D eigenvalue weighted by Crippen LogP contribution is -2.22. The van der Waals surface area contributed by atoms with Gasteiger partial charge >= 0.3 is 0 Å². The highest BCUT2D eigenvalue weighted by atomic mass is 16.3. The number of hydrogen-bond acceptors (Lipinski definition) is 4. The predicted molar refractivity (Wildman–Crippen MR) is 80.4 cm³/mol. The molecule has 0 fully saturated rings. The molecule has 1 N–H and O–H groups in total. The number of furan rings is 1. The number of nitrogens with zero attached hydrogens (tertiary/aromatic N) is 3. The number of aromatic amines is 1. The summed E-state index contributed by atoms with van der Waals surface area (Å²) in [5, 5.41) is 11.3. The van der Waals surface area contributed by atoms with Crippen molar-refractivity contribution >= 4 is 0 Å². The average molecular weight is 282 g/mol. The van der Waals surface area contributed by atoms with Crippen molar-refractivity contribution in [1.29, 1.82) is 0 Å². The van der Waals surface area contributed by atoms with E-state index in [-0.39, 0.29) is 6.04 Å². The van der Waals surface area contributed by atoms with E-state index in [9.17, 15) is 0 Å². The molecule has 0 aliphatic heterocycles. The van der Waals surface area contributed by atoms with Crippen LogP contribution in [0.5, 0.6) is 0 Å². The van der Waals surface area contributed by atoms with Crippen molar-refractivity contribution < 1.29 is 4.42 Å². The number of nitrogens with one attached hydrogen (secondary N) is 1. The number of H-pyrrole nitrogens is 1. The summed E-state index contributed by atoms with van der Waals surface area (Å²) in [4.78, 5) is 2.18. The van der Waals surface area contributed by atoms with E-state index in [1.54, 1.807) is 6.26 Å². The molecule has 108 valence electrons. The zero-order valence-corrected chi connectivity index (χ0v) is 12.2. The Morgan fingerprint density at radius 1 is 1.14 bits per heavy atom. The van der Waals surface area contributed by atoms with Gasteiger partial charge < -0.3 is 4.42 Å². The van der Waals surface area contributed by atoms with Gasteiger partial charge in [-0.05, 0) is 26.1 Å². The molecule has 21 heavy (non-hydrogen) atoms. The zero-order chi connectivity index (χ0) is 14.7. The van der Waals surface area contributed by atoms with Crippen molar-refractivity contribution in [3.8, 4) is 11.3 Å². The molecule has 0 radical (unpaired) electrons. The first-order valence-electron chi connectivity index (χ1n) is 6.94. The molecule has 0 saturated carbocycles. The van der Waals surface area contributed by atoms with Crippen LogP contribution in [0.25, 0.3) is 11.3 Å². The van der Waals surface area contributed by atoms with Gasteiger partial charge in [-0.3, -0.25) is 4.90 Å². The second-order valence-electron chi connectivity index (χ2n) is 5.09. The van der Waals surface area contributed by atoms with Gasteiger partial charge in [0.25, 0.3) is 0 Å². The largest absolute Gasteiger partial charge is 0.468 e. The molecule has 0 aliphatic carbocycles. The van der Waals surface area contributed by atoms with Crippen molar-refractivity contribution in [2.45, 2.75) is 19.5 Å². The molecule has 2 aromatic heterocycles. The molecule has 0 saturated heterocycles. The quantitative estimate of drug-likeness (QED) is 0.780. The molecule has 5 heteroatoms. The van der Waals surface area contributed by atoms with Gasteiger partial charge in [0.2, 0.25) is 0 Å². The van der Waals surface area contributed by atoms with E-state index < -0.39 is 0 Å². The summed E-state index contributed by atoms with van der Waals surface area (Å²) in [6.07, 6.45) is 1.70. The third-order valence-electron chi connectivity index (χ3n) is 3.68. The maximum absolute atomic E-state index is 5.46. The smallest absolute Gasteiger partial charge is 0.120 e. The number of benzene rings is 1. The standard InChI is InChI=1S/C16H18N4O/c1-12(15-9-6-10-21-15)20(2)11-14-16(18-19-17-14)13-7-4-3-5-8-13/h3-10,12H,11H2,1-2H3,(H,17,18,19)/t12-/m0/s1. The van der Waals surface area contributed by atoms with Gasteiger partial charge in [0.15, 0.2) is 0 Å². The van der Waals surface area contributed by atoms with Crippen molar-refractivity contribution in [2.75, 3.05) is 7.05 Å². The molecule has 0 amide bonds. The molecule has 1 atom stereocenters. The van der Waals surface area contributed by atoms with Crippen LogP contribution in [0, 0.1) is 0 Å². The van der Waals surface area contributed by atoms with Crippen LogP contribution >= 0.6 is 0 Å². The van der Waals surface area contributed by atoms with Crippen molar-refractivity contribution in [3.05, 3.63) is 60.2 Å². The summed E-state index contributed by atoms with van der Waals surface area (Å²) < 4.78 is 5.46. The van der Waals surface area contributed by atoms with Gasteiger partial charge in [-0.15, -0.1) is 0 Å². The van der Waals surface area contributed by atoms with Crippen LogP contribution in [0.4, 0.5) is 0 Å². The van der Waals surface area contributed by atoms with E-state index in [0.29, 0.717) is 6.54 Å². The normalized spacial score (nSPS) is 12.7. The van der Waals surface area contributed by atoms with Gasteiger partial charge in [0.1, 0.15) is 17.1 Å². The van der Waals surface area contributed by atoms with Gasteiger partial charge in [-0.2, -0.15) is 15.4 Å². The molecule has 3 aromatic rings. The molecular formula is C16H18N4O. The number of rotatable bonds is 5. The van der Waals surface area contributed by atoms with E-state index in [1.807, 2.05) is 42.5 Å². The molecule has 0 aliphatic rings. The maximum atomic E-state index is 5.46. The van der Waals surface area contributed by atoms with Gasteiger partial charge in [-0.25, -0.2) is 0 Å². The van der Waals surface area contributed by atoms with E-state index in [0.717, 1.165) is 22.7 Å². The maximum Gasteiger partial charge on any atom is 0.120 e. The topological polar surface area (TPSA) is 58.0 Å². The minimum Gasteiger partial charge on any atom is -0.468 e. The fourth-order valence-corrected chi connectivity index (χ4v) is 2.31. The summed E-state index contributed by atoms with van der Waals surface area (Å²) in [5.41, 5.74) is 2.90. The van der Waals surface area contributed by atoms with Gasteiger partial charge in [0.05, 0.1) is 12.3 Å². The molecule has 2 heterocycles. The highest BCUT2D eigenvalue weighted by molar-refractivity contribution is 5.60. The Morgan fingerprint density at radius 3 is 2.67 bits per heavy atom. The Bertz CT molecular complexity index is 675. The third-order valence-corrected chi connectivity index (χ3v) is 3.68. The fraction of sp³-hybridized carbons (Fsp3) is 0.250. The Kier molecular flexibility index (Phi) is 3.83. The van der Waals surface area contributed by atoms with Crippen LogP contribution in [0.2, 0.25) is 0 Å². The predicted octanol–water partition coefficient (Wildman–Crippen LogP) is 3.26. The monoisotopic (exact) mass is 282 g/mol. The molecule has 0 unspecified atom stereocenters. The number of aromatic nitrogens is 3. The molecule has 1 aromatic carbocycles. The van der Waals surface area contributed by atoms with E-state index >= 15 is 0 Å². The van der Waals surface area contributed by atoms with Crippen LogP contribution in [0.3, 0.4) is 0 Å². The first-order valence-corrected chi connectivity index (χ1v) is 6.94. The SMILES string of the molecule is C[C@@H](c1ccco1)N(C)Cc1n[nH]nc1-c1ccccc1. The Balaban J connectivity index is 1.78. The Labute approximate surface area is 123 Å². The lowest BCUT2D eigenvalue weighted by atomic mass is 10.1. The lowest BCUT2D eigenvalue weighted by Gasteiger charge is -2.22. The summed E-state index contributed by atoms with van der Waals surface area (Å²) in [7, 11) is 2.05. The second kappa shape index (κ2) is 5.93. The molecule has 0 spiro atoms. The molecular weight excluding hydrogens is 264 g/mol. The summed E-state index contributed by atoms with van der Waals surface area (Å²) in [6.45, 7) is 2.81. The zero-order valence-electron chi connectivity index (χ0n) is 12.2. The minimum absolute atomic E-state index is 0.181.